The van der Waals surface area contributed by atoms with E-state index in [1.165, 1.54) is 0 Å². The molecule has 3 heterocycles. The summed E-state index contributed by atoms with van der Waals surface area (Å²) in [7, 11) is 1.71. The summed E-state index contributed by atoms with van der Waals surface area (Å²) in [6.07, 6.45) is 5.44. The standard InChI is InChI=1S/C14H17N5O2/c1-19(9-10-4-7-15-8-5-10)14(20)12-17-13(21-18-12)11-3-2-6-16-11/h4-5,7-8,11,16H,2-3,6,9H2,1H3. The Hall–Kier alpha value is -2.28. The second kappa shape index (κ2) is 6.01. The first kappa shape index (κ1) is 13.7. The van der Waals surface area contributed by atoms with Gasteiger partial charge in [0.2, 0.25) is 5.89 Å². The zero-order chi connectivity index (χ0) is 14.7. The number of hydrogen-bond acceptors (Lipinski definition) is 6. The van der Waals surface area contributed by atoms with Crippen molar-refractivity contribution in [1.29, 1.82) is 0 Å². The Labute approximate surface area is 122 Å². The average molecular weight is 287 g/mol. The minimum atomic E-state index is -0.250. The van der Waals surface area contributed by atoms with Gasteiger partial charge in [-0.15, -0.1) is 0 Å². The molecule has 3 rings (SSSR count). The summed E-state index contributed by atoms with van der Waals surface area (Å²) in [5, 5.41) is 7.06. The third kappa shape index (κ3) is 3.08. The van der Waals surface area contributed by atoms with Crippen molar-refractivity contribution in [3.05, 3.63) is 41.8 Å². The highest BCUT2D eigenvalue weighted by Gasteiger charge is 2.25. The molecule has 2 aromatic rings. The third-order valence-corrected chi connectivity index (χ3v) is 3.51. The molecule has 0 bridgehead atoms. The second-order valence-corrected chi connectivity index (χ2v) is 5.12. The Bertz CT molecular complexity index is 607. The van der Waals surface area contributed by atoms with Crippen LogP contribution in [0, 0.1) is 0 Å². The van der Waals surface area contributed by atoms with Gasteiger partial charge in [-0.05, 0) is 37.1 Å². The van der Waals surface area contributed by atoms with Gasteiger partial charge in [-0.2, -0.15) is 4.98 Å². The smallest absolute Gasteiger partial charge is 0.295 e. The molecule has 0 spiro atoms. The number of carbonyl (C=O) groups is 1. The Balaban J connectivity index is 1.67. The molecule has 1 unspecified atom stereocenters. The molecule has 110 valence electrons. The number of nitrogens with zero attached hydrogens (tertiary/aromatic N) is 4. The van der Waals surface area contributed by atoms with E-state index in [1.54, 1.807) is 24.3 Å². The highest BCUT2D eigenvalue weighted by molar-refractivity contribution is 5.90. The molecule has 21 heavy (non-hydrogen) atoms. The normalized spacial score (nSPS) is 17.9. The molecule has 1 fully saturated rings. The van der Waals surface area contributed by atoms with Crippen LogP contribution in [-0.2, 0) is 6.54 Å². The molecular weight excluding hydrogens is 270 g/mol. The number of pyridine rings is 1. The van der Waals surface area contributed by atoms with Crippen LogP contribution in [0.2, 0.25) is 0 Å². The van der Waals surface area contributed by atoms with Gasteiger partial charge in [0.05, 0.1) is 6.04 Å². The van der Waals surface area contributed by atoms with Gasteiger partial charge in [0.25, 0.3) is 11.7 Å². The van der Waals surface area contributed by atoms with Gasteiger partial charge in [0.15, 0.2) is 0 Å². The van der Waals surface area contributed by atoms with Crippen LogP contribution < -0.4 is 5.32 Å². The fourth-order valence-corrected chi connectivity index (χ4v) is 2.36. The van der Waals surface area contributed by atoms with E-state index >= 15 is 0 Å². The van der Waals surface area contributed by atoms with Gasteiger partial charge in [0.1, 0.15) is 0 Å². The fourth-order valence-electron chi connectivity index (χ4n) is 2.36. The Kier molecular flexibility index (Phi) is 3.92. The summed E-state index contributed by atoms with van der Waals surface area (Å²) >= 11 is 0. The van der Waals surface area contributed by atoms with E-state index in [-0.39, 0.29) is 17.8 Å². The summed E-state index contributed by atoms with van der Waals surface area (Å²) in [6, 6.07) is 3.81. The van der Waals surface area contributed by atoms with Crippen LogP contribution in [0.15, 0.2) is 29.0 Å². The Morgan fingerprint density at radius 2 is 2.29 bits per heavy atom. The number of hydrogen-bond donors (Lipinski definition) is 1. The van der Waals surface area contributed by atoms with E-state index in [4.69, 9.17) is 4.52 Å². The summed E-state index contributed by atoms with van der Waals surface area (Å²) < 4.78 is 5.19. The lowest BCUT2D eigenvalue weighted by molar-refractivity contribution is 0.0769. The number of carbonyl (C=O) groups excluding carboxylic acids is 1. The maximum Gasteiger partial charge on any atom is 0.295 e. The van der Waals surface area contributed by atoms with Gasteiger partial charge in [0, 0.05) is 26.0 Å². The molecule has 0 aliphatic carbocycles. The van der Waals surface area contributed by atoms with Crippen LogP contribution >= 0.6 is 0 Å². The zero-order valence-electron chi connectivity index (χ0n) is 11.8. The van der Waals surface area contributed by atoms with Crippen molar-refractivity contribution in [3.63, 3.8) is 0 Å². The maximum atomic E-state index is 12.3. The van der Waals surface area contributed by atoms with Crippen molar-refractivity contribution in [2.75, 3.05) is 13.6 Å². The van der Waals surface area contributed by atoms with Crippen LogP contribution in [-0.4, -0.2) is 39.5 Å². The molecule has 1 saturated heterocycles. The van der Waals surface area contributed by atoms with Gasteiger partial charge in [-0.1, -0.05) is 5.16 Å². The summed E-state index contributed by atoms with van der Waals surface area (Å²) in [6.45, 7) is 1.42. The molecule has 7 nitrogen and oxygen atoms in total. The lowest BCUT2D eigenvalue weighted by Gasteiger charge is -2.14. The topological polar surface area (TPSA) is 84.2 Å². The molecule has 1 aliphatic rings. The van der Waals surface area contributed by atoms with Crippen LogP contribution in [0.3, 0.4) is 0 Å². The van der Waals surface area contributed by atoms with E-state index in [0.29, 0.717) is 12.4 Å². The molecule has 0 radical (unpaired) electrons. The van der Waals surface area contributed by atoms with Gasteiger partial charge < -0.3 is 14.7 Å². The van der Waals surface area contributed by atoms with Crippen molar-refractivity contribution in [3.8, 4) is 0 Å². The average Bonchev–Trinajstić information content (AvgIpc) is 3.18. The van der Waals surface area contributed by atoms with Crippen molar-refractivity contribution in [2.24, 2.45) is 0 Å². The largest absolute Gasteiger partial charge is 0.337 e. The Morgan fingerprint density at radius 3 is 3.00 bits per heavy atom. The molecule has 7 heteroatoms. The van der Waals surface area contributed by atoms with E-state index < -0.39 is 0 Å². The monoisotopic (exact) mass is 287 g/mol. The van der Waals surface area contributed by atoms with Gasteiger partial charge in [-0.25, -0.2) is 0 Å². The molecule has 0 aromatic carbocycles. The second-order valence-electron chi connectivity index (χ2n) is 5.12. The van der Waals surface area contributed by atoms with Crippen molar-refractivity contribution in [1.82, 2.24) is 25.3 Å². The highest BCUT2D eigenvalue weighted by atomic mass is 16.5. The van der Waals surface area contributed by atoms with Gasteiger partial charge >= 0.3 is 0 Å². The first-order chi connectivity index (χ1) is 10.2. The quantitative estimate of drug-likeness (QED) is 0.908. The summed E-state index contributed by atoms with van der Waals surface area (Å²) in [4.78, 5) is 22.0. The minimum absolute atomic E-state index is 0.0737. The zero-order valence-corrected chi connectivity index (χ0v) is 11.8. The van der Waals surface area contributed by atoms with E-state index in [2.05, 4.69) is 20.4 Å². The van der Waals surface area contributed by atoms with Crippen molar-refractivity contribution in [2.45, 2.75) is 25.4 Å². The molecule has 1 N–H and O–H groups in total. The number of rotatable bonds is 4. The first-order valence-electron chi connectivity index (χ1n) is 6.95. The van der Waals surface area contributed by atoms with Crippen LogP contribution in [0.4, 0.5) is 0 Å². The van der Waals surface area contributed by atoms with E-state index in [0.717, 1.165) is 24.9 Å². The predicted molar refractivity (Wildman–Crippen MR) is 74.3 cm³/mol. The number of amides is 1. The van der Waals surface area contributed by atoms with E-state index in [1.807, 2.05) is 12.1 Å². The van der Waals surface area contributed by atoms with Crippen molar-refractivity contribution >= 4 is 5.91 Å². The number of nitrogens with one attached hydrogen (secondary N) is 1. The SMILES string of the molecule is CN(Cc1ccncc1)C(=O)c1noc(C2CCCN2)n1. The maximum absolute atomic E-state index is 12.3. The van der Waals surface area contributed by atoms with Crippen LogP contribution in [0.25, 0.3) is 0 Å². The molecule has 2 aromatic heterocycles. The number of aromatic nitrogens is 3. The third-order valence-electron chi connectivity index (χ3n) is 3.51. The Morgan fingerprint density at radius 1 is 1.48 bits per heavy atom. The first-order valence-corrected chi connectivity index (χ1v) is 6.95. The molecule has 1 aliphatic heterocycles. The van der Waals surface area contributed by atoms with Gasteiger partial charge in [-0.3, -0.25) is 9.78 Å². The lowest BCUT2D eigenvalue weighted by Crippen LogP contribution is -2.27. The molecular formula is C14H17N5O2. The van der Waals surface area contributed by atoms with Crippen molar-refractivity contribution < 1.29 is 9.32 Å². The summed E-state index contributed by atoms with van der Waals surface area (Å²) in [5.41, 5.74) is 1.00. The molecule has 1 atom stereocenters. The molecule has 0 saturated carbocycles. The fraction of sp³-hybridized carbons (Fsp3) is 0.429. The summed E-state index contributed by atoms with van der Waals surface area (Å²) in [5.74, 6) is 0.350. The van der Waals surface area contributed by atoms with Crippen LogP contribution in [0.1, 0.15) is 41.0 Å². The predicted octanol–water partition coefficient (Wildman–Crippen LogP) is 1.16. The molecule has 1 amide bonds. The van der Waals surface area contributed by atoms with Crippen LogP contribution in [0.5, 0.6) is 0 Å². The lowest BCUT2D eigenvalue weighted by atomic mass is 10.2. The minimum Gasteiger partial charge on any atom is -0.337 e. The van der Waals surface area contributed by atoms with E-state index in [9.17, 15) is 4.79 Å². The highest BCUT2D eigenvalue weighted by Crippen LogP contribution is 2.21.